The predicted molar refractivity (Wildman–Crippen MR) is 120 cm³/mol. The summed E-state index contributed by atoms with van der Waals surface area (Å²) in [5.74, 6) is 0. The van der Waals surface area contributed by atoms with Crippen molar-refractivity contribution in [1.82, 2.24) is 0 Å². The quantitative estimate of drug-likeness (QED) is 0.230. The molecule has 0 bridgehead atoms. The van der Waals surface area contributed by atoms with Gasteiger partial charge in [-0.15, -0.1) is 0 Å². The van der Waals surface area contributed by atoms with Crippen LogP contribution in [0.25, 0.3) is 6.08 Å². The Hall–Kier alpha value is -1.04. The molecule has 0 nitrogen and oxygen atoms in total. The van der Waals surface area contributed by atoms with Gasteiger partial charge >= 0.3 is 0 Å². The third-order valence-corrected chi connectivity index (χ3v) is 5.51. The highest BCUT2D eigenvalue weighted by molar-refractivity contribution is 5.47. The number of rotatable bonds is 18. The molecule has 0 atom stereocenters. The highest BCUT2D eigenvalue weighted by Gasteiger charge is 1.96. The van der Waals surface area contributed by atoms with Gasteiger partial charge in [0.15, 0.2) is 0 Å². The topological polar surface area (TPSA) is 0 Å². The standard InChI is InChI=1S/C26H44/c1-3-5-6-7-8-9-10-11-12-13-14-15-16-17-18-19-21-26-23-20-22-25(4-2)24-26/h4,20,22-24H,2-3,5-19,21H2,1H3. The van der Waals surface area contributed by atoms with Crippen molar-refractivity contribution in [2.75, 3.05) is 0 Å². The number of benzene rings is 1. The van der Waals surface area contributed by atoms with Crippen LogP contribution in [-0.4, -0.2) is 0 Å². The van der Waals surface area contributed by atoms with Gasteiger partial charge in [-0.3, -0.25) is 0 Å². The summed E-state index contributed by atoms with van der Waals surface area (Å²) in [6.45, 7) is 6.15. The van der Waals surface area contributed by atoms with Crippen LogP contribution >= 0.6 is 0 Å². The number of unbranched alkanes of at least 4 members (excludes halogenated alkanes) is 15. The molecule has 0 aliphatic carbocycles. The van der Waals surface area contributed by atoms with E-state index in [-0.39, 0.29) is 0 Å². The van der Waals surface area contributed by atoms with E-state index in [4.69, 9.17) is 0 Å². The lowest BCUT2D eigenvalue weighted by Gasteiger charge is -2.04. The van der Waals surface area contributed by atoms with Crippen LogP contribution in [0.4, 0.5) is 0 Å². The lowest BCUT2D eigenvalue weighted by molar-refractivity contribution is 0.529. The van der Waals surface area contributed by atoms with Crippen LogP contribution < -0.4 is 0 Å². The molecule has 0 aliphatic heterocycles. The second kappa shape index (κ2) is 17.4. The number of hydrogen-bond acceptors (Lipinski definition) is 0. The van der Waals surface area contributed by atoms with E-state index in [0.29, 0.717) is 0 Å². The number of hydrogen-bond donors (Lipinski definition) is 0. The fourth-order valence-corrected chi connectivity index (χ4v) is 3.75. The van der Waals surface area contributed by atoms with Crippen molar-refractivity contribution in [3.8, 4) is 0 Å². The molecule has 0 fully saturated rings. The maximum absolute atomic E-state index is 3.85. The van der Waals surface area contributed by atoms with Crippen molar-refractivity contribution in [2.45, 2.75) is 116 Å². The summed E-state index contributed by atoms with van der Waals surface area (Å²) in [7, 11) is 0. The lowest BCUT2D eigenvalue weighted by atomic mass is 10.0. The lowest BCUT2D eigenvalue weighted by Crippen LogP contribution is -1.87. The van der Waals surface area contributed by atoms with Crippen LogP contribution in [0, 0.1) is 0 Å². The maximum Gasteiger partial charge on any atom is -0.0260 e. The second-order valence-corrected chi connectivity index (χ2v) is 8.00. The molecule has 0 heterocycles. The first kappa shape index (κ1) is 23.0. The molecule has 148 valence electrons. The summed E-state index contributed by atoms with van der Waals surface area (Å²) in [6, 6.07) is 8.80. The zero-order chi connectivity index (χ0) is 18.7. The van der Waals surface area contributed by atoms with Crippen LogP contribution in [0.5, 0.6) is 0 Å². The molecule has 0 heteroatoms. The van der Waals surface area contributed by atoms with Gasteiger partial charge < -0.3 is 0 Å². The Balaban J connectivity index is 1.79. The Bertz CT molecular complexity index is 431. The van der Waals surface area contributed by atoms with Crippen LogP contribution in [0.15, 0.2) is 30.8 Å². The Labute approximate surface area is 164 Å². The van der Waals surface area contributed by atoms with Crippen molar-refractivity contribution >= 4 is 6.08 Å². The molecule has 0 radical (unpaired) electrons. The molecule has 1 aromatic carbocycles. The van der Waals surface area contributed by atoms with E-state index in [2.05, 4.69) is 37.8 Å². The molecule has 0 unspecified atom stereocenters. The summed E-state index contributed by atoms with van der Waals surface area (Å²) in [5, 5.41) is 0. The van der Waals surface area contributed by atoms with Crippen LogP contribution in [-0.2, 0) is 6.42 Å². The van der Waals surface area contributed by atoms with Gasteiger partial charge in [0.25, 0.3) is 0 Å². The first-order valence-corrected chi connectivity index (χ1v) is 11.6. The predicted octanol–water partition coefficient (Wildman–Crippen LogP) is 9.13. The molecular formula is C26H44. The van der Waals surface area contributed by atoms with Crippen LogP contribution in [0.2, 0.25) is 0 Å². The molecule has 1 rings (SSSR count). The summed E-state index contributed by atoms with van der Waals surface area (Å²) in [5.41, 5.74) is 2.71. The zero-order valence-corrected chi connectivity index (χ0v) is 17.6. The van der Waals surface area contributed by atoms with Crippen molar-refractivity contribution in [1.29, 1.82) is 0 Å². The van der Waals surface area contributed by atoms with Crippen molar-refractivity contribution in [3.63, 3.8) is 0 Å². The molecular weight excluding hydrogens is 312 g/mol. The van der Waals surface area contributed by atoms with Gasteiger partial charge in [0.05, 0.1) is 0 Å². The minimum absolute atomic E-state index is 1.22. The van der Waals surface area contributed by atoms with Gasteiger partial charge in [-0.2, -0.15) is 0 Å². The van der Waals surface area contributed by atoms with Gasteiger partial charge in [0, 0.05) is 0 Å². The molecule has 0 aliphatic rings. The van der Waals surface area contributed by atoms with Crippen LogP contribution in [0.3, 0.4) is 0 Å². The Kier molecular flexibility index (Phi) is 15.4. The van der Waals surface area contributed by atoms with E-state index < -0.39 is 0 Å². The third-order valence-electron chi connectivity index (χ3n) is 5.51. The largest absolute Gasteiger partial charge is 0.0985 e. The monoisotopic (exact) mass is 356 g/mol. The summed E-state index contributed by atoms with van der Waals surface area (Å²) >= 11 is 0. The first-order valence-electron chi connectivity index (χ1n) is 11.6. The van der Waals surface area contributed by atoms with E-state index in [0.717, 1.165) is 0 Å². The fraction of sp³-hybridized carbons (Fsp3) is 0.692. The third kappa shape index (κ3) is 13.2. The van der Waals surface area contributed by atoms with Crippen molar-refractivity contribution in [2.24, 2.45) is 0 Å². The van der Waals surface area contributed by atoms with E-state index in [1.807, 2.05) is 6.08 Å². The molecule has 0 spiro atoms. The van der Waals surface area contributed by atoms with E-state index >= 15 is 0 Å². The normalized spacial score (nSPS) is 11.0. The van der Waals surface area contributed by atoms with Gasteiger partial charge in [-0.1, -0.05) is 140 Å². The Morgan fingerprint density at radius 3 is 1.58 bits per heavy atom. The average Bonchev–Trinajstić information content (AvgIpc) is 2.68. The maximum atomic E-state index is 3.85. The van der Waals surface area contributed by atoms with Crippen molar-refractivity contribution in [3.05, 3.63) is 42.0 Å². The van der Waals surface area contributed by atoms with E-state index in [9.17, 15) is 0 Å². The minimum atomic E-state index is 1.22. The fourth-order valence-electron chi connectivity index (χ4n) is 3.75. The van der Waals surface area contributed by atoms with Gasteiger partial charge in [0.2, 0.25) is 0 Å². The summed E-state index contributed by atoms with van der Waals surface area (Å²) < 4.78 is 0. The van der Waals surface area contributed by atoms with Gasteiger partial charge in [-0.25, -0.2) is 0 Å². The van der Waals surface area contributed by atoms with Gasteiger partial charge in [0.1, 0.15) is 0 Å². The Morgan fingerprint density at radius 2 is 1.12 bits per heavy atom. The van der Waals surface area contributed by atoms with Crippen LogP contribution in [0.1, 0.15) is 121 Å². The zero-order valence-electron chi connectivity index (χ0n) is 17.6. The Morgan fingerprint density at radius 1 is 0.654 bits per heavy atom. The molecule has 0 N–H and O–H groups in total. The van der Waals surface area contributed by atoms with Gasteiger partial charge in [-0.05, 0) is 24.0 Å². The second-order valence-electron chi connectivity index (χ2n) is 8.00. The van der Waals surface area contributed by atoms with E-state index in [1.54, 1.807) is 0 Å². The highest BCUT2D eigenvalue weighted by Crippen LogP contribution is 2.15. The molecule has 1 aromatic rings. The molecule has 0 aromatic heterocycles. The SMILES string of the molecule is C=Cc1cccc(CCCCCCCCCCCCCCCCCC)c1. The summed E-state index contributed by atoms with van der Waals surface area (Å²) in [4.78, 5) is 0. The molecule has 0 amide bonds. The smallest absolute Gasteiger partial charge is 0.0260 e. The van der Waals surface area contributed by atoms with E-state index in [1.165, 1.54) is 120 Å². The molecule has 0 saturated heterocycles. The minimum Gasteiger partial charge on any atom is -0.0985 e. The average molecular weight is 357 g/mol. The van der Waals surface area contributed by atoms with Crippen molar-refractivity contribution < 1.29 is 0 Å². The summed E-state index contributed by atoms with van der Waals surface area (Å²) in [6.07, 6.45) is 26.2. The number of aryl methyl sites for hydroxylation is 1. The highest BCUT2D eigenvalue weighted by atomic mass is 14.0. The first-order chi connectivity index (χ1) is 12.9. The molecule has 26 heavy (non-hydrogen) atoms. The molecule has 0 saturated carbocycles.